The third-order valence-electron chi connectivity index (χ3n) is 3.37. The summed E-state index contributed by atoms with van der Waals surface area (Å²) in [5.41, 5.74) is 2.43. The summed E-state index contributed by atoms with van der Waals surface area (Å²) in [6.07, 6.45) is 0.642. The molecule has 1 atom stereocenters. The van der Waals surface area contributed by atoms with E-state index in [0.29, 0.717) is 12.3 Å². The van der Waals surface area contributed by atoms with E-state index in [0.717, 1.165) is 13.1 Å². The van der Waals surface area contributed by atoms with Gasteiger partial charge in [-0.05, 0) is 44.0 Å². The van der Waals surface area contributed by atoms with Gasteiger partial charge in [0.15, 0.2) is 0 Å². The molecule has 2 rings (SSSR count). The summed E-state index contributed by atoms with van der Waals surface area (Å²) >= 11 is 0. The van der Waals surface area contributed by atoms with Crippen LogP contribution in [0.4, 0.5) is 0 Å². The molecule has 0 saturated carbocycles. The molecule has 0 bridgehead atoms. The Balaban J connectivity index is 1.89. The van der Waals surface area contributed by atoms with Gasteiger partial charge >= 0.3 is 0 Å². The first kappa shape index (κ1) is 12.1. The molecule has 3 heteroatoms. The minimum absolute atomic E-state index is 0.0942. The number of rotatable bonds is 4. The zero-order valence-electron chi connectivity index (χ0n) is 10.5. The van der Waals surface area contributed by atoms with E-state index in [-0.39, 0.29) is 11.9 Å². The Morgan fingerprint density at radius 1 is 1.47 bits per heavy atom. The molecule has 1 aromatic rings. The molecule has 0 unspecified atom stereocenters. The highest BCUT2D eigenvalue weighted by molar-refractivity contribution is 5.76. The lowest BCUT2D eigenvalue weighted by molar-refractivity contribution is -0.123. The van der Waals surface area contributed by atoms with Gasteiger partial charge in [-0.2, -0.15) is 0 Å². The molecule has 1 aromatic carbocycles. The smallest absolute Gasteiger partial charge is 0.220 e. The Kier molecular flexibility index (Phi) is 3.79. The average Bonchev–Trinajstić information content (AvgIpc) is 2.24. The molecule has 3 nitrogen and oxygen atoms in total. The molecule has 0 aromatic heterocycles. The van der Waals surface area contributed by atoms with Crippen molar-refractivity contribution in [3.8, 4) is 0 Å². The maximum atomic E-state index is 11.8. The Morgan fingerprint density at radius 3 is 2.76 bits per heavy atom. The molecule has 2 N–H and O–H groups in total. The van der Waals surface area contributed by atoms with Crippen molar-refractivity contribution in [1.29, 1.82) is 0 Å². The van der Waals surface area contributed by atoms with Crippen molar-refractivity contribution in [3.63, 3.8) is 0 Å². The second kappa shape index (κ2) is 5.32. The monoisotopic (exact) mass is 232 g/mol. The first-order valence-electron chi connectivity index (χ1n) is 6.22. The third-order valence-corrected chi connectivity index (χ3v) is 3.37. The molecule has 1 fully saturated rings. The van der Waals surface area contributed by atoms with Gasteiger partial charge in [0.25, 0.3) is 0 Å². The van der Waals surface area contributed by atoms with Crippen LogP contribution in [-0.2, 0) is 4.79 Å². The number of hydrogen-bond donors (Lipinski definition) is 2. The Hall–Kier alpha value is -1.35. The normalized spacial score (nSPS) is 17.3. The predicted molar refractivity (Wildman–Crippen MR) is 68.7 cm³/mol. The molecule has 0 radical (unpaired) electrons. The van der Waals surface area contributed by atoms with Gasteiger partial charge < -0.3 is 10.6 Å². The fourth-order valence-electron chi connectivity index (χ4n) is 2.21. The fraction of sp³-hybridized carbons (Fsp3) is 0.500. The second-order valence-corrected chi connectivity index (χ2v) is 4.87. The molecule has 0 spiro atoms. The van der Waals surface area contributed by atoms with Crippen LogP contribution in [-0.4, -0.2) is 19.0 Å². The summed E-state index contributed by atoms with van der Waals surface area (Å²) in [5.74, 6) is 0.686. The summed E-state index contributed by atoms with van der Waals surface area (Å²) < 4.78 is 0. The minimum atomic E-state index is 0.0942. The SMILES string of the molecule is Cc1ccccc1[C@@H](C)NC(=O)CC1CNC1. The summed E-state index contributed by atoms with van der Waals surface area (Å²) in [5, 5.41) is 6.25. The van der Waals surface area contributed by atoms with Gasteiger partial charge in [0.05, 0.1) is 6.04 Å². The molecule has 0 aliphatic carbocycles. The van der Waals surface area contributed by atoms with Gasteiger partial charge in [0, 0.05) is 6.42 Å². The van der Waals surface area contributed by atoms with Crippen molar-refractivity contribution in [3.05, 3.63) is 35.4 Å². The number of benzene rings is 1. The highest BCUT2D eigenvalue weighted by atomic mass is 16.1. The number of hydrogen-bond acceptors (Lipinski definition) is 2. The molecular formula is C14H20N2O. The highest BCUT2D eigenvalue weighted by Gasteiger charge is 2.21. The molecule has 1 aliphatic rings. The van der Waals surface area contributed by atoms with Crippen molar-refractivity contribution in [2.24, 2.45) is 5.92 Å². The predicted octanol–water partition coefficient (Wildman–Crippen LogP) is 1.78. The number of carbonyl (C=O) groups is 1. The maximum Gasteiger partial charge on any atom is 0.220 e. The van der Waals surface area contributed by atoms with Gasteiger partial charge in [-0.15, -0.1) is 0 Å². The molecule has 17 heavy (non-hydrogen) atoms. The lowest BCUT2D eigenvalue weighted by atomic mass is 9.98. The maximum absolute atomic E-state index is 11.8. The number of aryl methyl sites for hydroxylation is 1. The minimum Gasteiger partial charge on any atom is -0.350 e. The second-order valence-electron chi connectivity index (χ2n) is 4.87. The van der Waals surface area contributed by atoms with E-state index in [1.165, 1.54) is 11.1 Å². The van der Waals surface area contributed by atoms with Crippen molar-refractivity contribution >= 4 is 5.91 Å². The standard InChI is InChI=1S/C14H20N2O/c1-10-5-3-4-6-13(10)11(2)16-14(17)7-12-8-15-9-12/h3-6,11-12,15H,7-9H2,1-2H3,(H,16,17)/t11-/m1/s1. The Morgan fingerprint density at radius 2 is 2.18 bits per heavy atom. The largest absolute Gasteiger partial charge is 0.350 e. The molecule has 92 valence electrons. The zero-order chi connectivity index (χ0) is 12.3. The van der Waals surface area contributed by atoms with Crippen molar-refractivity contribution in [1.82, 2.24) is 10.6 Å². The summed E-state index contributed by atoms with van der Waals surface area (Å²) in [6, 6.07) is 8.28. The van der Waals surface area contributed by atoms with E-state index < -0.39 is 0 Å². The van der Waals surface area contributed by atoms with Crippen molar-refractivity contribution < 1.29 is 4.79 Å². The van der Waals surface area contributed by atoms with Crippen LogP contribution in [0.5, 0.6) is 0 Å². The third kappa shape index (κ3) is 3.07. The topological polar surface area (TPSA) is 41.1 Å². The van der Waals surface area contributed by atoms with Crippen LogP contribution in [0.25, 0.3) is 0 Å². The quantitative estimate of drug-likeness (QED) is 0.831. The lowest BCUT2D eigenvalue weighted by Crippen LogP contribution is -2.44. The van der Waals surface area contributed by atoms with Gasteiger partial charge in [-0.1, -0.05) is 24.3 Å². The summed E-state index contributed by atoms with van der Waals surface area (Å²) in [6.45, 7) is 6.07. The van der Waals surface area contributed by atoms with Crippen LogP contribution in [0.15, 0.2) is 24.3 Å². The van der Waals surface area contributed by atoms with Crippen LogP contribution < -0.4 is 10.6 Å². The van der Waals surface area contributed by atoms with Crippen molar-refractivity contribution in [2.45, 2.75) is 26.3 Å². The van der Waals surface area contributed by atoms with Gasteiger partial charge in [-0.3, -0.25) is 4.79 Å². The van der Waals surface area contributed by atoms with E-state index in [9.17, 15) is 4.79 Å². The summed E-state index contributed by atoms with van der Waals surface area (Å²) in [4.78, 5) is 11.8. The zero-order valence-corrected chi connectivity index (χ0v) is 10.5. The van der Waals surface area contributed by atoms with E-state index in [1.54, 1.807) is 0 Å². The first-order chi connectivity index (χ1) is 8.16. The highest BCUT2D eigenvalue weighted by Crippen LogP contribution is 2.17. The molecular weight excluding hydrogens is 212 g/mol. The van der Waals surface area contributed by atoms with Gasteiger partial charge in [0.2, 0.25) is 5.91 Å². The van der Waals surface area contributed by atoms with Crippen LogP contribution in [0, 0.1) is 12.8 Å². The van der Waals surface area contributed by atoms with E-state index in [4.69, 9.17) is 0 Å². The van der Waals surface area contributed by atoms with Crippen LogP contribution >= 0.6 is 0 Å². The van der Waals surface area contributed by atoms with Crippen LogP contribution in [0.3, 0.4) is 0 Å². The van der Waals surface area contributed by atoms with E-state index in [1.807, 2.05) is 19.1 Å². The first-order valence-corrected chi connectivity index (χ1v) is 6.22. The van der Waals surface area contributed by atoms with Crippen molar-refractivity contribution in [2.75, 3.05) is 13.1 Å². The van der Waals surface area contributed by atoms with Gasteiger partial charge in [0.1, 0.15) is 0 Å². The summed E-state index contributed by atoms with van der Waals surface area (Å²) in [7, 11) is 0. The number of carbonyl (C=O) groups excluding carboxylic acids is 1. The average molecular weight is 232 g/mol. The van der Waals surface area contributed by atoms with E-state index >= 15 is 0 Å². The van der Waals surface area contributed by atoms with Crippen LogP contribution in [0.2, 0.25) is 0 Å². The van der Waals surface area contributed by atoms with E-state index in [2.05, 4.69) is 29.7 Å². The fourth-order valence-corrected chi connectivity index (χ4v) is 2.21. The van der Waals surface area contributed by atoms with Gasteiger partial charge in [-0.25, -0.2) is 0 Å². The number of amides is 1. The number of nitrogens with one attached hydrogen (secondary N) is 2. The molecule has 1 saturated heterocycles. The Labute approximate surface area is 103 Å². The molecule has 1 heterocycles. The lowest BCUT2D eigenvalue weighted by Gasteiger charge is -2.27. The molecule has 1 amide bonds. The molecule has 1 aliphatic heterocycles. The Bertz CT molecular complexity index is 399. The van der Waals surface area contributed by atoms with Crippen LogP contribution in [0.1, 0.15) is 30.5 Å².